The molecule has 0 radical (unpaired) electrons. The summed E-state index contributed by atoms with van der Waals surface area (Å²) < 4.78 is 16.2. The number of aliphatic hydroxyl groups is 1. The highest BCUT2D eigenvalue weighted by Crippen LogP contribution is 2.12. The summed E-state index contributed by atoms with van der Waals surface area (Å²) in [6, 6.07) is 0. The Balaban J connectivity index is 1.84. The van der Waals surface area contributed by atoms with Crippen LogP contribution in [0, 0.1) is 0 Å². The molecule has 1 fully saturated rings. The molecular formula is C13H27NO4. The number of hydrogen-bond acceptors (Lipinski definition) is 5. The first-order valence-corrected chi connectivity index (χ1v) is 6.97. The van der Waals surface area contributed by atoms with Crippen molar-refractivity contribution >= 4 is 0 Å². The molecule has 1 aliphatic heterocycles. The van der Waals surface area contributed by atoms with Crippen molar-refractivity contribution in [2.24, 2.45) is 0 Å². The first-order valence-electron chi connectivity index (χ1n) is 6.97. The Morgan fingerprint density at radius 3 is 2.22 bits per heavy atom. The van der Waals surface area contributed by atoms with Crippen molar-refractivity contribution in [3.05, 3.63) is 0 Å². The Morgan fingerprint density at radius 1 is 1.00 bits per heavy atom. The topological polar surface area (TPSA) is 51.2 Å². The van der Waals surface area contributed by atoms with Crippen molar-refractivity contribution in [2.75, 3.05) is 59.3 Å². The fourth-order valence-corrected chi connectivity index (χ4v) is 2.05. The molecule has 0 saturated carbocycles. The standard InChI is InChI=1S/C13H27NO4/c1-2-14-5-3-13(4-6-14)18-12-11-17-10-9-16-8-7-15/h13,15H,2-12H2,1H3. The van der Waals surface area contributed by atoms with E-state index >= 15 is 0 Å². The minimum atomic E-state index is 0.0690. The Bertz CT molecular complexity index is 184. The maximum Gasteiger partial charge on any atom is 0.0704 e. The molecule has 5 heteroatoms. The summed E-state index contributed by atoms with van der Waals surface area (Å²) in [4.78, 5) is 2.45. The normalized spacial score (nSPS) is 18.3. The summed E-state index contributed by atoms with van der Waals surface area (Å²) in [7, 11) is 0. The smallest absolute Gasteiger partial charge is 0.0704 e. The lowest BCUT2D eigenvalue weighted by atomic mass is 10.1. The van der Waals surface area contributed by atoms with Crippen LogP contribution in [-0.4, -0.2) is 75.4 Å². The second-order valence-corrected chi connectivity index (χ2v) is 4.45. The van der Waals surface area contributed by atoms with Crippen molar-refractivity contribution in [3.8, 4) is 0 Å². The molecule has 0 aromatic heterocycles. The lowest BCUT2D eigenvalue weighted by Gasteiger charge is -2.30. The van der Waals surface area contributed by atoms with E-state index in [-0.39, 0.29) is 6.61 Å². The quantitative estimate of drug-likeness (QED) is 0.581. The van der Waals surface area contributed by atoms with Gasteiger partial charge in [0, 0.05) is 13.1 Å². The van der Waals surface area contributed by atoms with Crippen molar-refractivity contribution in [1.82, 2.24) is 4.90 Å². The third-order valence-corrected chi connectivity index (χ3v) is 3.17. The van der Waals surface area contributed by atoms with Crippen LogP contribution in [-0.2, 0) is 14.2 Å². The first kappa shape index (κ1) is 15.9. The summed E-state index contributed by atoms with van der Waals surface area (Å²) in [5.74, 6) is 0. The van der Waals surface area contributed by atoms with Crippen LogP contribution in [0.4, 0.5) is 0 Å². The summed E-state index contributed by atoms with van der Waals surface area (Å²) in [5.41, 5.74) is 0. The molecular weight excluding hydrogens is 234 g/mol. The van der Waals surface area contributed by atoms with Crippen molar-refractivity contribution in [3.63, 3.8) is 0 Å². The first-order chi connectivity index (χ1) is 8.86. The van der Waals surface area contributed by atoms with E-state index in [0.29, 0.717) is 39.1 Å². The molecule has 0 aliphatic carbocycles. The van der Waals surface area contributed by atoms with E-state index in [2.05, 4.69) is 11.8 Å². The number of likely N-dealkylation sites (tertiary alicyclic amines) is 1. The fourth-order valence-electron chi connectivity index (χ4n) is 2.05. The van der Waals surface area contributed by atoms with E-state index in [4.69, 9.17) is 19.3 Å². The summed E-state index contributed by atoms with van der Waals surface area (Å²) in [6.07, 6.45) is 2.67. The van der Waals surface area contributed by atoms with Gasteiger partial charge in [-0.3, -0.25) is 0 Å². The molecule has 1 N–H and O–H groups in total. The van der Waals surface area contributed by atoms with Gasteiger partial charge in [0.15, 0.2) is 0 Å². The van der Waals surface area contributed by atoms with E-state index in [0.717, 1.165) is 32.5 Å². The Morgan fingerprint density at radius 2 is 1.61 bits per heavy atom. The lowest BCUT2D eigenvalue weighted by Crippen LogP contribution is -2.37. The van der Waals surface area contributed by atoms with Gasteiger partial charge in [-0.05, 0) is 19.4 Å². The van der Waals surface area contributed by atoms with Gasteiger partial charge in [0.05, 0.1) is 45.7 Å². The maximum absolute atomic E-state index is 8.50. The number of ether oxygens (including phenoxy) is 3. The van der Waals surface area contributed by atoms with E-state index in [9.17, 15) is 0 Å². The Hall–Kier alpha value is -0.200. The van der Waals surface area contributed by atoms with Gasteiger partial charge in [0.25, 0.3) is 0 Å². The summed E-state index contributed by atoms with van der Waals surface area (Å²) in [5, 5.41) is 8.50. The minimum absolute atomic E-state index is 0.0690. The van der Waals surface area contributed by atoms with Gasteiger partial charge >= 0.3 is 0 Å². The molecule has 1 heterocycles. The van der Waals surface area contributed by atoms with Crippen molar-refractivity contribution < 1.29 is 19.3 Å². The highest BCUT2D eigenvalue weighted by molar-refractivity contribution is 4.71. The molecule has 1 rings (SSSR count). The van der Waals surface area contributed by atoms with Crippen molar-refractivity contribution in [2.45, 2.75) is 25.9 Å². The molecule has 1 saturated heterocycles. The molecule has 0 aromatic carbocycles. The van der Waals surface area contributed by atoms with Crippen LogP contribution in [0.1, 0.15) is 19.8 Å². The highest BCUT2D eigenvalue weighted by Gasteiger charge is 2.17. The zero-order chi connectivity index (χ0) is 13.1. The fraction of sp³-hybridized carbons (Fsp3) is 1.00. The molecule has 0 unspecified atom stereocenters. The van der Waals surface area contributed by atoms with Gasteiger partial charge in [-0.1, -0.05) is 6.92 Å². The van der Waals surface area contributed by atoms with E-state index in [1.165, 1.54) is 0 Å². The van der Waals surface area contributed by atoms with Crippen LogP contribution in [0.3, 0.4) is 0 Å². The molecule has 108 valence electrons. The molecule has 0 atom stereocenters. The van der Waals surface area contributed by atoms with Gasteiger partial charge in [-0.2, -0.15) is 0 Å². The average molecular weight is 261 g/mol. The molecule has 18 heavy (non-hydrogen) atoms. The highest BCUT2D eigenvalue weighted by atomic mass is 16.5. The average Bonchev–Trinajstić information content (AvgIpc) is 2.42. The molecule has 0 spiro atoms. The van der Waals surface area contributed by atoms with Crippen LogP contribution in [0.25, 0.3) is 0 Å². The minimum Gasteiger partial charge on any atom is -0.394 e. The summed E-state index contributed by atoms with van der Waals surface area (Å²) in [6.45, 7) is 8.49. The predicted octanol–water partition coefficient (Wildman–Crippen LogP) is 0.513. The van der Waals surface area contributed by atoms with Crippen LogP contribution < -0.4 is 0 Å². The molecule has 5 nitrogen and oxygen atoms in total. The Kier molecular flexibility index (Phi) is 9.42. The monoisotopic (exact) mass is 261 g/mol. The van der Waals surface area contributed by atoms with Gasteiger partial charge in [-0.15, -0.1) is 0 Å². The SMILES string of the molecule is CCN1CCC(OCCOCCOCCO)CC1. The number of piperidine rings is 1. The van der Waals surface area contributed by atoms with Crippen LogP contribution in [0.15, 0.2) is 0 Å². The molecule has 1 aliphatic rings. The van der Waals surface area contributed by atoms with Crippen molar-refractivity contribution in [1.29, 1.82) is 0 Å². The maximum atomic E-state index is 8.50. The largest absolute Gasteiger partial charge is 0.394 e. The van der Waals surface area contributed by atoms with Gasteiger partial charge < -0.3 is 24.2 Å². The molecule has 0 amide bonds. The van der Waals surface area contributed by atoms with Crippen LogP contribution in [0.2, 0.25) is 0 Å². The van der Waals surface area contributed by atoms with E-state index in [1.54, 1.807) is 0 Å². The predicted molar refractivity (Wildman–Crippen MR) is 69.8 cm³/mol. The number of hydrogen-bond donors (Lipinski definition) is 1. The Labute approximate surface area is 110 Å². The van der Waals surface area contributed by atoms with E-state index < -0.39 is 0 Å². The van der Waals surface area contributed by atoms with Crippen LogP contribution in [0.5, 0.6) is 0 Å². The van der Waals surface area contributed by atoms with E-state index in [1.807, 2.05) is 0 Å². The zero-order valence-electron chi connectivity index (χ0n) is 11.5. The van der Waals surface area contributed by atoms with Gasteiger partial charge in [-0.25, -0.2) is 0 Å². The third-order valence-electron chi connectivity index (χ3n) is 3.17. The lowest BCUT2D eigenvalue weighted by molar-refractivity contribution is -0.0321. The van der Waals surface area contributed by atoms with Gasteiger partial charge in [0.1, 0.15) is 0 Å². The van der Waals surface area contributed by atoms with Crippen LogP contribution >= 0.6 is 0 Å². The zero-order valence-corrected chi connectivity index (χ0v) is 11.5. The second kappa shape index (κ2) is 10.7. The number of rotatable bonds is 10. The van der Waals surface area contributed by atoms with Gasteiger partial charge in [0.2, 0.25) is 0 Å². The molecule has 0 aromatic rings. The number of nitrogens with zero attached hydrogens (tertiary/aromatic N) is 1. The second-order valence-electron chi connectivity index (χ2n) is 4.45. The molecule has 0 bridgehead atoms. The number of aliphatic hydroxyl groups excluding tert-OH is 1. The third kappa shape index (κ3) is 7.28. The summed E-state index contributed by atoms with van der Waals surface area (Å²) >= 11 is 0.